The fourth-order valence-electron chi connectivity index (χ4n) is 0.286. The molecule has 0 saturated carbocycles. The molecule has 0 rings (SSSR count). The molecule has 5 N–H and O–H groups in total. The first-order valence-electron chi connectivity index (χ1n) is 3.04. The number of aliphatic carboxylic acids is 2. The number of phosphoric acid groups is 1. The van der Waals surface area contributed by atoms with E-state index in [1.807, 2.05) is 0 Å². The number of hydrogen-bond donors (Lipinski definition) is 7. The smallest absolute Gasteiger partial charge is 0.466 e. The van der Waals surface area contributed by atoms with Gasteiger partial charge in [0.25, 0.3) is 0 Å². The Hall–Kier alpha value is -0.250. The van der Waals surface area contributed by atoms with Gasteiger partial charge in [-0.1, -0.05) is 0 Å². The lowest BCUT2D eigenvalue weighted by molar-refractivity contribution is -0.143. The monoisotopic (exact) mass is 280 g/mol. The van der Waals surface area contributed by atoms with E-state index in [0.29, 0.717) is 0 Å². The minimum atomic E-state index is -4.64. The van der Waals surface area contributed by atoms with E-state index in [0.717, 1.165) is 0 Å². The molecule has 0 aliphatic carbocycles. The van der Waals surface area contributed by atoms with Gasteiger partial charge < -0.3 is 24.9 Å². The van der Waals surface area contributed by atoms with Crippen LogP contribution in [0.4, 0.5) is 0 Å². The lowest BCUT2D eigenvalue weighted by Crippen LogP contribution is -2.28. The quantitative estimate of drug-likeness (QED) is 0.201. The van der Waals surface area contributed by atoms with Gasteiger partial charge in [0.15, 0.2) is 4.08 Å². The number of carboxylic acid groups (broad SMARTS) is 2. The number of rotatable bonds is 3. The van der Waals surface area contributed by atoms with Crippen molar-refractivity contribution in [3.63, 3.8) is 0 Å². The van der Waals surface area contributed by atoms with E-state index < -0.39 is 30.3 Å². The third-order valence-corrected chi connectivity index (χ3v) is 1.44. The summed E-state index contributed by atoms with van der Waals surface area (Å²) in [5.74, 6) is -2.60. The molecule has 0 radical (unpaired) electrons. The predicted octanol–water partition coefficient (Wildman–Crippen LogP) is -0.827. The zero-order valence-corrected chi connectivity index (χ0v) is 9.69. The van der Waals surface area contributed by atoms with E-state index in [1.165, 1.54) is 0 Å². The normalized spacial score (nSPS) is 11.3. The maximum Gasteiger partial charge on any atom is 0.466 e. The minimum absolute atomic E-state index is 0.617. The van der Waals surface area contributed by atoms with Crippen LogP contribution in [0.5, 0.6) is 0 Å². The molecule has 0 amide bonds. The minimum Gasteiger partial charge on any atom is -0.481 e. The third kappa shape index (κ3) is 16.4. The van der Waals surface area contributed by atoms with Crippen molar-refractivity contribution in [3.05, 3.63) is 0 Å². The van der Waals surface area contributed by atoms with Crippen molar-refractivity contribution >= 4 is 45.0 Å². The van der Waals surface area contributed by atoms with E-state index in [-0.39, 0.29) is 0 Å². The molecule has 0 aliphatic heterocycles. The van der Waals surface area contributed by atoms with Crippen molar-refractivity contribution in [3.8, 4) is 0 Å². The van der Waals surface area contributed by atoms with Gasteiger partial charge in [0.2, 0.25) is 0 Å². The van der Waals surface area contributed by atoms with Crippen molar-refractivity contribution in [2.45, 2.75) is 10.5 Å². The van der Waals surface area contributed by atoms with Crippen molar-refractivity contribution in [2.75, 3.05) is 0 Å². The molecule has 0 atom stereocenters. The summed E-state index contributed by atoms with van der Waals surface area (Å²) in [6, 6.07) is 0. The summed E-state index contributed by atoms with van der Waals surface area (Å²) in [5.41, 5.74) is 0. The van der Waals surface area contributed by atoms with Gasteiger partial charge in [-0.15, -0.1) is 25.3 Å². The van der Waals surface area contributed by atoms with Crippen molar-refractivity contribution in [1.82, 2.24) is 0 Å². The molecule has 90 valence electrons. The second-order valence-electron chi connectivity index (χ2n) is 2.21. The average molecular weight is 280 g/mol. The zero-order valence-electron chi connectivity index (χ0n) is 7.01. The van der Waals surface area contributed by atoms with Gasteiger partial charge in [-0.05, 0) is 0 Å². The van der Waals surface area contributed by atoms with E-state index in [2.05, 4.69) is 25.3 Å². The molecule has 0 bridgehead atoms. The molecular weight excluding hydrogens is 271 g/mol. The van der Waals surface area contributed by atoms with Gasteiger partial charge in [0.1, 0.15) is 0 Å². The van der Waals surface area contributed by atoms with E-state index >= 15 is 0 Å². The molecule has 0 spiro atoms. The summed E-state index contributed by atoms with van der Waals surface area (Å²) in [5, 5.41) is 16.4. The van der Waals surface area contributed by atoms with Crippen LogP contribution in [0.25, 0.3) is 0 Å². The molecule has 11 heteroatoms. The zero-order chi connectivity index (χ0) is 12.9. The number of carbonyl (C=O) groups is 2. The van der Waals surface area contributed by atoms with Gasteiger partial charge >= 0.3 is 19.8 Å². The van der Waals surface area contributed by atoms with Crippen LogP contribution in [0.3, 0.4) is 0 Å². The summed E-state index contributed by atoms with van der Waals surface area (Å²) in [7, 11) is -4.64. The summed E-state index contributed by atoms with van der Waals surface area (Å²) < 4.78 is 7.11. The van der Waals surface area contributed by atoms with Gasteiger partial charge in [-0.25, -0.2) is 9.36 Å². The SMILES string of the molecule is O=C(O)CC(S)(S)C(=O)O.O=P(O)(O)O. The van der Waals surface area contributed by atoms with Gasteiger partial charge in [-0.3, -0.25) is 4.79 Å². The molecule has 0 heterocycles. The molecule has 0 aromatic heterocycles. The highest BCUT2D eigenvalue weighted by Crippen LogP contribution is 2.25. The summed E-state index contributed by atoms with van der Waals surface area (Å²) in [4.78, 5) is 41.7. The van der Waals surface area contributed by atoms with E-state index in [4.69, 9.17) is 29.5 Å². The van der Waals surface area contributed by atoms with E-state index in [9.17, 15) is 9.59 Å². The summed E-state index contributed by atoms with van der Waals surface area (Å²) in [6.07, 6.45) is -0.617. The standard InChI is InChI=1S/C4H6O4S2.H3O4P/c5-2(6)1-4(9,10)3(7)8;1-5(2,3)4/h9-10H,1H2,(H,5,6)(H,7,8);(H3,1,2,3,4). The van der Waals surface area contributed by atoms with Crippen LogP contribution in [0.2, 0.25) is 0 Å². The number of carboxylic acids is 2. The van der Waals surface area contributed by atoms with Crippen LogP contribution in [-0.2, 0) is 14.2 Å². The molecule has 8 nitrogen and oxygen atoms in total. The highest BCUT2D eigenvalue weighted by Gasteiger charge is 2.32. The number of thiol groups is 2. The van der Waals surface area contributed by atoms with Crippen LogP contribution < -0.4 is 0 Å². The average Bonchev–Trinajstić information content (AvgIpc) is 1.78. The van der Waals surface area contributed by atoms with Crippen LogP contribution >= 0.6 is 33.1 Å². The molecule has 0 fully saturated rings. The topological polar surface area (TPSA) is 152 Å². The Balaban J connectivity index is 0. The number of hydrogen-bond acceptors (Lipinski definition) is 5. The van der Waals surface area contributed by atoms with Crippen LogP contribution in [-0.4, -0.2) is 40.9 Å². The summed E-state index contributed by atoms with van der Waals surface area (Å²) in [6.45, 7) is 0. The summed E-state index contributed by atoms with van der Waals surface area (Å²) >= 11 is 7.01. The first kappa shape index (κ1) is 17.2. The fourth-order valence-corrected chi connectivity index (χ4v) is 0.557. The molecule has 0 aliphatic rings. The first-order valence-corrected chi connectivity index (χ1v) is 5.50. The largest absolute Gasteiger partial charge is 0.481 e. The Kier molecular flexibility index (Phi) is 7.27. The molecule has 0 unspecified atom stereocenters. The maximum atomic E-state index is 10.1. The molecule has 0 saturated heterocycles. The Morgan fingerprint density at radius 2 is 1.40 bits per heavy atom. The lowest BCUT2D eigenvalue weighted by atomic mass is 10.3. The third-order valence-electron chi connectivity index (χ3n) is 0.740. The maximum absolute atomic E-state index is 10.1. The van der Waals surface area contributed by atoms with Gasteiger partial charge in [0, 0.05) is 0 Å². The second-order valence-corrected chi connectivity index (χ2v) is 5.11. The highest BCUT2D eigenvalue weighted by atomic mass is 32.2. The van der Waals surface area contributed by atoms with E-state index in [1.54, 1.807) is 0 Å². The predicted molar refractivity (Wildman–Crippen MR) is 54.9 cm³/mol. The molecule has 15 heavy (non-hydrogen) atoms. The molecule has 0 aromatic carbocycles. The van der Waals surface area contributed by atoms with Crippen LogP contribution in [0.1, 0.15) is 6.42 Å². The van der Waals surface area contributed by atoms with Crippen molar-refractivity contribution in [1.29, 1.82) is 0 Å². The fraction of sp³-hybridized carbons (Fsp3) is 0.500. The van der Waals surface area contributed by atoms with Crippen LogP contribution in [0.15, 0.2) is 0 Å². The second kappa shape index (κ2) is 6.36. The van der Waals surface area contributed by atoms with Gasteiger partial charge in [-0.2, -0.15) is 0 Å². The Bertz CT molecular complexity index is 274. The Morgan fingerprint density at radius 1 is 1.13 bits per heavy atom. The Morgan fingerprint density at radius 3 is 1.47 bits per heavy atom. The van der Waals surface area contributed by atoms with Crippen LogP contribution in [0, 0.1) is 0 Å². The first-order chi connectivity index (χ1) is 6.36. The van der Waals surface area contributed by atoms with Crippen molar-refractivity contribution in [2.24, 2.45) is 0 Å². The molecular formula is C4H9O8PS2. The van der Waals surface area contributed by atoms with Gasteiger partial charge in [0.05, 0.1) is 6.42 Å². The lowest BCUT2D eigenvalue weighted by Gasteiger charge is -2.12. The Labute approximate surface area is 95.0 Å². The molecule has 0 aromatic rings. The van der Waals surface area contributed by atoms with Crippen molar-refractivity contribution < 1.29 is 39.0 Å². The highest BCUT2D eigenvalue weighted by molar-refractivity contribution is 8.02.